The van der Waals surface area contributed by atoms with E-state index in [1.54, 1.807) is 18.2 Å². The fraction of sp³-hybridized carbons (Fsp3) is 0.211. The Bertz CT molecular complexity index is 663. The van der Waals surface area contributed by atoms with Crippen LogP contribution in [0.25, 0.3) is 6.08 Å². The molecule has 23 heavy (non-hydrogen) atoms. The average molecular weight is 330 g/mol. The topological polar surface area (TPSA) is 38.3 Å². The van der Waals surface area contributed by atoms with Crippen LogP contribution in [0.1, 0.15) is 25.8 Å². The molecule has 0 aromatic heterocycles. The van der Waals surface area contributed by atoms with Gasteiger partial charge in [0.1, 0.15) is 5.75 Å². The third-order valence-corrected chi connectivity index (χ3v) is 3.58. The van der Waals surface area contributed by atoms with Crippen molar-refractivity contribution < 1.29 is 9.53 Å². The standard InChI is InChI=1S/C19H20ClNO2/c1-3-14(2)23-18-11-9-17(10-12-18)21-19(22)13-6-15-4-7-16(20)8-5-15/h4-14H,3H2,1-2H3,(H,21,22)/b13-6+. The highest BCUT2D eigenvalue weighted by atomic mass is 35.5. The fourth-order valence-corrected chi connectivity index (χ4v) is 1.99. The number of ether oxygens (including phenoxy) is 1. The van der Waals surface area contributed by atoms with E-state index in [1.807, 2.05) is 43.3 Å². The van der Waals surface area contributed by atoms with Gasteiger partial charge in [-0.05, 0) is 61.4 Å². The van der Waals surface area contributed by atoms with E-state index in [0.29, 0.717) is 5.02 Å². The Kier molecular flexibility index (Phi) is 6.24. The Morgan fingerprint density at radius 1 is 1.17 bits per heavy atom. The van der Waals surface area contributed by atoms with Gasteiger partial charge in [0.2, 0.25) is 5.91 Å². The predicted molar refractivity (Wildman–Crippen MR) is 95.9 cm³/mol. The van der Waals surface area contributed by atoms with Crippen LogP contribution in [0, 0.1) is 0 Å². The molecular weight excluding hydrogens is 310 g/mol. The molecule has 1 amide bonds. The molecule has 1 unspecified atom stereocenters. The zero-order valence-corrected chi connectivity index (χ0v) is 14.0. The molecule has 4 heteroatoms. The van der Waals surface area contributed by atoms with Crippen molar-refractivity contribution in [2.75, 3.05) is 5.32 Å². The van der Waals surface area contributed by atoms with Crippen LogP contribution in [0.3, 0.4) is 0 Å². The number of rotatable bonds is 6. The van der Waals surface area contributed by atoms with E-state index < -0.39 is 0 Å². The summed E-state index contributed by atoms with van der Waals surface area (Å²) >= 11 is 5.82. The first-order valence-electron chi connectivity index (χ1n) is 7.58. The Morgan fingerprint density at radius 3 is 2.43 bits per heavy atom. The van der Waals surface area contributed by atoms with E-state index in [-0.39, 0.29) is 12.0 Å². The maximum atomic E-state index is 11.9. The van der Waals surface area contributed by atoms with Crippen molar-refractivity contribution in [2.45, 2.75) is 26.4 Å². The van der Waals surface area contributed by atoms with Gasteiger partial charge in [0.25, 0.3) is 0 Å². The summed E-state index contributed by atoms with van der Waals surface area (Å²) in [6, 6.07) is 14.6. The molecule has 0 spiro atoms. The van der Waals surface area contributed by atoms with Gasteiger partial charge in [-0.1, -0.05) is 30.7 Å². The highest BCUT2D eigenvalue weighted by Crippen LogP contribution is 2.18. The SMILES string of the molecule is CCC(C)Oc1ccc(NC(=O)/C=C/c2ccc(Cl)cc2)cc1. The van der Waals surface area contributed by atoms with Crippen molar-refractivity contribution in [3.63, 3.8) is 0 Å². The second-order valence-electron chi connectivity index (χ2n) is 5.24. The lowest BCUT2D eigenvalue weighted by atomic mass is 10.2. The summed E-state index contributed by atoms with van der Waals surface area (Å²) in [5, 5.41) is 3.48. The first-order chi connectivity index (χ1) is 11.1. The van der Waals surface area contributed by atoms with E-state index >= 15 is 0 Å². The summed E-state index contributed by atoms with van der Waals surface area (Å²) in [7, 11) is 0. The lowest BCUT2D eigenvalue weighted by molar-refractivity contribution is -0.111. The van der Waals surface area contributed by atoms with Crippen molar-refractivity contribution >= 4 is 29.3 Å². The van der Waals surface area contributed by atoms with E-state index in [4.69, 9.17) is 16.3 Å². The van der Waals surface area contributed by atoms with Crippen molar-refractivity contribution in [1.82, 2.24) is 0 Å². The molecule has 2 aromatic rings. The van der Waals surface area contributed by atoms with E-state index in [0.717, 1.165) is 23.4 Å². The molecule has 1 N–H and O–H groups in total. The summed E-state index contributed by atoms with van der Waals surface area (Å²) < 4.78 is 5.70. The quantitative estimate of drug-likeness (QED) is 0.742. The van der Waals surface area contributed by atoms with Crippen molar-refractivity contribution in [2.24, 2.45) is 0 Å². The summed E-state index contributed by atoms with van der Waals surface area (Å²) in [5.41, 5.74) is 1.65. The van der Waals surface area contributed by atoms with Gasteiger partial charge in [-0.25, -0.2) is 0 Å². The molecule has 2 rings (SSSR count). The highest BCUT2D eigenvalue weighted by molar-refractivity contribution is 6.30. The number of benzene rings is 2. The minimum atomic E-state index is -0.185. The molecule has 0 aliphatic carbocycles. The Morgan fingerprint density at radius 2 is 1.83 bits per heavy atom. The smallest absolute Gasteiger partial charge is 0.248 e. The van der Waals surface area contributed by atoms with Crippen LogP contribution in [0.15, 0.2) is 54.6 Å². The number of anilines is 1. The second kappa shape index (κ2) is 8.39. The Hall–Kier alpha value is -2.26. The molecule has 1 atom stereocenters. The van der Waals surface area contributed by atoms with Gasteiger partial charge in [0, 0.05) is 16.8 Å². The van der Waals surface area contributed by atoms with Crippen LogP contribution in [-0.4, -0.2) is 12.0 Å². The predicted octanol–water partition coefficient (Wildman–Crippen LogP) is 5.17. The van der Waals surface area contributed by atoms with Gasteiger partial charge < -0.3 is 10.1 Å². The van der Waals surface area contributed by atoms with Crippen molar-refractivity contribution in [1.29, 1.82) is 0 Å². The average Bonchev–Trinajstić information content (AvgIpc) is 2.56. The molecule has 0 aliphatic heterocycles. The molecular formula is C19H20ClNO2. The number of nitrogens with one attached hydrogen (secondary N) is 1. The van der Waals surface area contributed by atoms with E-state index in [9.17, 15) is 4.79 Å². The zero-order valence-electron chi connectivity index (χ0n) is 13.3. The molecule has 0 heterocycles. The molecule has 120 valence electrons. The fourth-order valence-electron chi connectivity index (χ4n) is 1.86. The molecule has 0 bridgehead atoms. The maximum Gasteiger partial charge on any atom is 0.248 e. The minimum absolute atomic E-state index is 0.178. The number of hydrogen-bond donors (Lipinski definition) is 1. The van der Waals surface area contributed by atoms with Crippen LogP contribution in [0.2, 0.25) is 5.02 Å². The summed E-state index contributed by atoms with van der Waals surface area (Å²) in [6.45, 7) is 4.10. The van der Waals surface area contributed by atoms with Crippen LogP contribution in [-0.2, 0) is 4.79 Å². The second-order valence-corrected chi connectivity index (χ2v) is 5.67. The monoisotopic (exact) mass is 329 g/mol. The largest absolute Gasteiger partial charge is 0.491 e. The number of carbonyl (C=O) groups excluding carboxylic acids is 1. The van der Waals surface area contributed by atoms with E-state index in [2.05, 4.69) is 12.2 Å². The molecule has 0 fully saturated rings. The van der Waals surface area contributed by atoms with Gasteiger partial charge in [-0.3, -0.25) is 4.79 Å². The number of hydrogen-bond acceptors (Lipinski definition) is 2. The Labute approximate surface area is 141 Å². The molecule has 0 aliphatic rings. The van der Waals surface area contributed by atoms with Crippen LogP contribution < -0.4 is 10.1 Å². The lowest BCUT2D eigenvalue weighted by Gasteiger charge is -2.12. The normalized spacial score (nSPS) is 12.1. The van der Waals surface area contributed by atoms with E-state index in [1.165, 1.54) is 6.08 Å². The molecule has 2 aromatic carbocycles. The number of halogens is 1. The molecule has 0 saturated carbocycles. The van der Waals surface area contributed by atoms with Gasteiger partial charge in [0.15, 0.2) is 0 Å². The zero-order chi connectivity index (χ0) is 16.7. The number of carbonyl (C=O) groups is 1. The summed E-state index contributed by atoms with van der Waals surface area (Å²) in [5.74, 6) is 0.615. The van der Waals surface area contributed by atoms with Crippen LogP contribution in [0.5, 0.6) is 5.75 Å². The minimum Gasteiger partial charge on any atom is -0.491 e. The van der Waals surface area contributed by atoms with Crippen LogP contribution in [0.4, 0.5) is 5.69 Å². The van der Waals surface area contributed by atoms with Gasteiger partial charge in [-0.2, -0.15) is 0 Å². The Balaban J connectivity index is 1.91. The highest BCUT2D eigenvalue weighted by Gasteiger charge is 2.02. The molecule has 0 radical (unpaired) electrons. The van der Waals surface area contributed by atoms with Crippen molar-refractivity contribution in [3.05, 3.63) is 65.2 Å². The van der Waals surface area contributed by atoms with Crippen molar-refractivity contribution in [3.8, 4) is 5.75 Å². The summed E-state index contributed by atoms with van der Waals surface area (Å²) in [6.07, 6.45) is 4.37. The lowest BCUT2D eigenvalue weighted by Crippen LogP contribution is -2.10. The third-order valence-electron chi connectivity index (χ3n) is 3.33. The number of amides is 1. The molecule has 3 nitrogen and oxygen atoms in total. The maximum absolute atomic E-state index is 11.9. The summed E-state index contributed by atoms with van der Waals surface area (Å²) in [4.78, 5) is 11.9. The third kappa shape index (κ3) is 5.80. The van der Waals surface area contributed by atoms with Gasteiger partial charge in [0.05, 0.1) is 6.10 Å². The van der Waals surface area contributed by atoms with Gasteiger partial charge >= 0.3 is 0 Å². The van der Waals surface area contributed by atoms with Gasteiger partial charge in [-0.15, -0.1) is 0 Å². The first kappa shape index (κ1) is 17.1. The first-order valence-corrected chi connectivity index (χ1v) is 7.96. The van der Waals surface area contributed by atoms with Crippen LogP contribution >= 0.6 is 11.6 Å². The molecule has 0 saturated heterocycles.